The van der Waals surface area contributed by atoms with Gasteiger partial charge in [0.15, 0.2) is 0 Å². The van der Waals surface area contributed by atoms with Crippen LogP contribution in [0.25, 0.3) is 10.9 Å². The van der Waals surface area contributed by atoms with Crippen molar-refractivity contribution in [3.63, 3.8) is 0 Å². The van der Waals surface area contributed by atoms with Crippen molar-refractivity contribution >= 4 is 28.5 Å². The number of nitrogens with one attached hydrogen (secondary N) is 1. The number of fused-ring (bicyclic) bond motifs is 1. The van der Waals surface area contributed by atoms with Crippen molar-refractivity contribution in [2.75, 3.05) is 12.8 Å². The topological polar surface area (TPSA) is 94.3 Å². The highest BCUT2D eigenvalue weighted by Gasteiger charge is 2.16. The van der Waals surface area contributed by atoms with E-state index in [9.17, 15) is 9.59 Å². The molecule has 1 unspecified atom stereocenters. The Morgan fingerprint density at radius 2 is 2.10 bits per heavy atom. The Labute approximate surface area is 122 Å². The third-order valence-electron chi connectivity index (χ3n) is 3.04. The lowest BCUT2D eigenvalue weighted by Gasteiger charge is -2.11. The molecule has 2 aromatic rings. The van der Waals surface area contributed by atoms with Crippen LogP contribution in [0.1, 0.15) is 12.6 Å². The van der Waals surface area contributed by atoms with E-state index in [2.05, 4.69) is 15.0 Å². The molecule has 2 rings (SSSR count). The van der Waals surface area contributed by atoms with Gasteiger partial charge in [0.1, 0.15) is 6.04 Å². The zero-order valence-electron chi connectivity index (χ0n) is 11.9. The van der Waals surface area contributed by atoms with Crippen molar-refractivity contribution in [2.45, 2.75) is 19.4 Å². The second-order valence-electron chi connectivity index (χ2n) is 4.74. The largest absolute Gasteiger partial charge is 0.467 e. The summed E-state index contributed by atoms with van der Waals surface area (Å²) >= 11 is 0. The van der Waals surface area contributed by atoms with Gasteiger partial charge in [-0.05, 0) is 31.2 Å². The molecule has 6 heteroatoms. The van der Waals surface area contributed by atoms with Crippen molar-refractivity contribution in [1.82, 2.24) is 10.3 Å². The number of carbonyl (C=O) groups excluding carboxylic acids is 2. The van der Waals surface area contributed by atoms with E-state index in [4.69, 9.17) is 5.73 Å². The fourth-order valence-corrected chi connectivity index (χ4v) is 1.98. The van der Waals surface area contributed by atoms with Crippen molar-refractivity contribution in [3.8, 4) is 0 Å². The van der Waals surface area contributed by atoms with E-state index in [1.54, 1.807) is 19.1 Å². The molecule has 1 atom stereocenters. The van der Waals surface area contributed by atoms with Crippen molar-refractivity contribution in [1.29, 1.82) is 0 Å². The smallest absolute Gasteiger partial charge is 0.328 e. The van der Waals surface area contributed by atoms with Gasteiger partial charge in [0.05, 0.1) is 24.7 Å². The fourth-order valence-electron chi connectivity index (χ4n) is 1.98. The number of pyridine rings is 1. The number of nitrogens with two attached hydrogens (primary N) is 1. The molecule has 0 saturated carbocycles. The standard InChI is InChI=1S/C15H17N3O3/c1-9(15(20)21-2)17-14(19)8-12-5-3-10-7-11(16)4-6-13(10)18-12/h3-7,9H,8,16H2,1-2H3,(H,17,19). The molecule has 6 nitrogen and oxygen atoms in total. The molecule has 1 aromatic heterocycles. The molecule has 1 aromatic carbocycles. The summed E-state index contributed by atoms with van der Waals surface area (Å²) in [6.45, 7) is 1.57. The van der Waals surface area contributed by atoms with Gasteiger partial charge in [-0.1, -0.05) is 6.07 Å². The van der Waals surface area contributed by atoms with E-state index in [0.717, 1.165) is 10.9 Å². The number of amides is 1. The number of benzene rings is 1. The highest BCUT2D eigenvalue weighted by molar-refractivity contribution is 5.86. The van der Waals surface area contributed by atoms with Crippen LogP contribution in [0.4, 0.5) is 5.69 Å². The van der Waals surface area contributed by atoms with Crippen LogP contribution < -0.4 is 11.1 Å². The van der Waals surface area contributed by atoms with Gasteiger partial charge in [0.25, 0.3) is 0 Å². The lowest BCUT2D eigenvalue weighted by atomic mass is 10.1. The van der Waals surface area contributed by atoms with Crippen LogP contribution in [0.5, 0.6) is 0 Å². The molecule has 0 spiro atoms. The summed E-state index contributed by atoms with van der Waals surface area (Å²) in [7, 11) is 1.28. The number of nitrogen functional groups attached to an aromatic ring is 1. The van der Waals surface area contributed by atoms with Crippen LogP contribution in [-0.4, -0.2) is 30.0 Å². The summed E-state index contributed by atoms with van der Waals surface area (Å²) in [6, 6.07) is 8.35. The average Bonchev–Trinajstić information content (AvgIpc) is 2.46. The Kier molecular flexibility index (Phi) is 4.37. The van der Waals surface area contributed by atoms with Gasteiger partial charge in [-0.3, -0.25) is 9.78 Å². The summed E-state index contributed by atoms with van der Waals surface area (Å²) in [4.78, 5) is 27.5. The number of rotatable bonds is 4. The molecule has 0 fully saturated rings. The average molecular weight is 287 g/mol. The first-order chi connectivity index (χ1) is 9.99. The summed E-state index contributed by atoms with van der Waals surface area (Å²) in [6.07, 6.45) is 0.0989. The molecule has 110 valence electrons. The van der Waals surface area contributed by atoms with Gasteiger partial charge in [0, 0.05) is 11.1 Å². The maximum Gasteiger partial charge on any atom is 0.328 e. The van der Waals surface area contributed by atoms with Gasteiger partial charge in [-0.2, -0.15) is 0 Å². The Morgan fingerprint density at radius 1 is 1.33 bits per heavy atom. The summed E-state index contributed by atoms with van der Waals surface area (Å²) in [5, 5.41) is 3.48. The lowest BCUT2D eigenvalue weighted by Crippen LogP contribution is -2.40. The van der Waals surface area contributed by atoms with Crippen molar-refractivity contribution in [3.05, 3.63) is 36.0 Å². The molecule has 0 radical (unpaired) electrons. The Hall–Kier alpha value is -2.63. The molecule has 0 bridgehead atoms. The molecule has 0 saturated heterocycles. The zero-order valence-corrected chi connectivity index (χ0v) is 11.9. The van der Waals surface area contributed by atoms with Crippen LogP contribution in [0, 0.1) is 0 Å². The number of methoxy groups -OCH3 is 1. The minimum absolute atomic E-state index is 0.0989. The van der Waals surface area contributed by atoms with Crippen LogP contribution in [0.2, 0.25) is 0 Å². The first-order valence-electron chi connectivity index (χ1n) is 6.52. The summed E-state index contributed by atoms with van der Waals surface area (Å²) in [5.41, 5.74) is 7.77. The van der Waals surface area contributed by atoms with Gasteiger partial charge >= 0.3 is 5.97 Å². The number of nitrogens with zero attached hydrogens (tertiary/aromatic N) is 1. The summed E-state index contributed by atoms with van der Waals surface area (Å²) < 4.78 is 4.55. The first kappa shape index (κ1) is 14.8. The number of ether oxygens (including phenoxy) is 1. The number of hydrogen-bond donors (Lipinski definition) is 2. The molecule has 0 aliphatic carbocycles. The molecular formula is C15H17N3O3. The van der Waals surface area contributed by atoms with E-state index in [-0.39, 0.29) is 12.3 Å². The Morgan fingerprint density at radius 3 is 2.81 bits per heavy atom. The highest BCUT2D eigenvalue weighted by atomic mass is 16.5. The van der Waals surface area contributed by atoms with E-state index in [0.29, 0.717) is 11.4 Å². The predicted octanol–water partition coefficient (Wildman–Crippen LogP) is 1.04. The van der Waals surface area contributed by atoms with Crippen LogP contribution >= 0.6 is 0 Å². The van der Waals surface area contributed by atoms with Crippen molar-refractivity contribution in [2.24, 2.45) is 0 Å². The molecule has 1 heterocycles. The number of esters is 1. The van der Waals surface area contributed by atoms with E-state index in [1.807, 2.05) is 18.2 Å². The molecule has 0 aliphatic rings. The van der Waals surface area contributed by atoms with Gasteiger partial charge in [0.2, 0.25) is 5.91 Å². The third kappa shape index (κ3) is 3.68. The minimum Gasteiger partial charge on any atom is -0.467 e. The van der Waals surface area contributed by atoms with E-state index >= 15 is 0 Å². The molecule has 1 amide bonds. The summed E-state index contributed by atoms with van der Waals surface area (Å²) in [5.74, 6) is -0.763. The van der Waals surface area contributed by atoms with Gasteiger partial charge < -0.3 is 15.8 Å². The third-order valence-corrected chi connectivity index (χ3v) is 3.04. The number of hydrogen-bond acceptors (Lipinski definition) is 5. The monoisotopic (exact) mass is 287 g/mol. The predicted molar refractivity (Wildman–Crippen MR) is 79.5 cm³/mol. The van der Waals surface area contributed by atoms with Crippen LogP contribution in [0.15, 0.2) is 30.3 Å². The molecule has 3 N–H and O–H groups in total. The molecule has 21 heavy (non-hydrogen) atoms. The van der Waals surface area contributed by atoms with Crippen LogP contribution in [-0.2, 0) is 20.7 Å². The minimum atomic E-state index is -0.678. The maximum atomic E-state index is 11.9. The number of carbonyl (C=O) groups is 2. The van der Waals surface area contributed by atoms with Crippen LogP contribution in [0.3, 0.4) is 0 Å². The number of anilines is 1. The molecular weight excluding hydrogens is 270 g/mol. The van der Waals surface area contributed by atoms with Crippen molar-refractivity contribution < 1.29 is 14.3 Å². The Balaban J connectivity index is 2.07. The second-order valence-corrected chi connectivity index (χ2v) is 4.74. The second kappa shape index (κ2) is 6.21. The quantitative estimate of drug-likeness (QED) is 0.647. The first-order valence-corrected chi connectivity index (χ1v) is 6.52. The Bertz CT molecular complexity index is 685. The zero-order chi connectivity index (χ0) is 15.4. The normalized spacial score (nSPS) is 11.9. The van der Waals surface area contributed by atoms with Gasteiger partial charge in [-0.25, -0.2) is 4.79 Å². The highest BCUT2D eigenvalue weighted by Crippen LogP contribution is 2.16. The fraction of sp³-hybridized carbons (Fsp3) is 0.267. The van der Waals surface area contributed by atoms with E-state index in [1.165, 1.54) is 7.11 Å². The maximum absolute atomic E-state index is 11.9. The lowest BCUT2D eigenvalue weighted by molar-refractivity contribution is -0.144. The SMILES string of the molecule is COC(=O)C(C)NC(=O)Cc1ccc2cc(N)ccc2n1. The molecule has 0 aliphatic heterocycles. The van der Waals surface area contributed by atoms with E-state index < -0.39 is 12.0 Å². The van der Waals surface area contributed by atoms with Gasteiger partial charge in [-0.15, -0.1) is 0 Å². The number of aromatic nitrogens is 1.